The highest BCUT2D eigenvalue weighted by molar-refractivity contribution is 6.31. The number of hydrogen-bond acceptors (Lipinski definition) is 4. The molecule has 0 radical (unpaired) electrons. The smallest absolute Gasteiger partial charge is 0.329 e. The van der Waals surface area contributed by atoms with Crippen molar-refractivity contribution in [2.24, 2.45) is 0 Å². The number of hydrogen-bond donors (Lipinski definition) is 0. The van der Waals surface area contributed by atoms with E-state index in [9.17, 15) is 18.0 Å². The summed E-state index contributed by atoms with van der Waals surface area (Å²) in [5.41, 5.74) is -1.11. The molecule has 3 rings (SSSR count). The van der Waals surface area contributed by atoms with Crippen LogP contribution in [-0.2, 0) is 6.18 Å². The second-order valence-corrected chi connectivity index (χ2v) is 7.06. The lowest BCUT2D eigenvalue weighted by Gasteiger charge is -2.29. The van der Waals surface area contributed by atoms with Crippen LogP contribution >= 0.6 is 11.6 Å². The van der Waals surface area contributed by atoms with Crippen LogP contribution in [0.2, 0.25) is 5.02 Å². The number of carbonyl (C=O) groups excluding carboxylic acids is 1. The fourth-order valence-corrected chi connectivity index (χ4v) is 3.32. The molecule has 6 nitrogen and oxygen atoms in total. The Kier molecular flexibility index (Phi) is 6.40. The highest BCUT2D eigenvalue weighted by atomic mass is 35.5. The van der Waals surface area contributed by atoms with E-state index in [-0.39, 0.29) is 10.6 Å². The number of benzene rings is 1. The van der Waals surface area contributed by atoms with Crippen LogP contribution in [0.1, 0.15) is 48.1 Å². The molecule has 0 aliphatic heterocycles. The third-order valence-electron chi connectivity index (χ3n) is 4.48. The lowest BCUT2D eigenvalue weighted by Crippen LogP contribution is -2.36. The van der Waals surface area contributed by atoms with Gasteiger partial charge in [0.05, 0.1) is 11.6 Å². The second-order valence-electron chi connectivity index (χ2n) is 6.62. The molecule has 0 aliphatic carbocycles. The molecule has 0 N–H and O–H groups in total. The Labute approximate surface area is 176 Å². The molecule has 3 aromatic rings. The van der Waals surface area contributed by atoms with Crippen molar-refractivity contribution in [3.8, 4) is 5.82 Å². The van der Waals surface area contributed by atoms with E-state index >= 15 is 0 Å². The number of aromatic nitrogens is 4. The molecule has 1 amide bonds. The molecule has 2 aromatic heterocycles. The van der Waals surface area contributed by atoms with Crippen molar-refractivity contribution in [1.29, 1.82) is 0 Å². The van der Waals surface area contributed by atoms with Gasteiger partial charge in [-0.05, 0) is 43.7 Å². The van der Waals surface area contributed by atoms with Crippen molar-refractivity contribution in [3.05, 3.63) is 70.9 Å². The summed E-state index contributed by atoms with van der Waals surface area (Å²) in [4.78, 5) is 23.1. The Morgan fingerprint density at radius 3 is 2.63 bits per heavy atom. The van der Waals surface area contributed by atoms with Crippen LogP contribution in [0.3, 0.4) is 0 Å². The van der Waals surface area contributed by atoms with E-state index in [0.29, 0.717) is 24.6 Å². The van der Waals surface area contributed by atoms with Crippen molar-refractivity contribution in [2.75, 3.05) is 6.54 Å². The summed E-state index contributed by atoms with van der Waals surface area (Å²) in [5, 5.41) is 4.02. The van der Waals surface area contributed by atoms with Crippen molar-refractivity contribution in [2.45, 2.75) is 32.5 Å². The molecule has 0 saturated heterocycles. The summed E-state index contributed by atoms with van der Waals surface area (Å²) in [6.07, 6.45) is -1.07. The van der Waals surface area contributed by atoms with Gasteiger partial charge in [-0.2, -0.15) is 23.0 Å². The molecule has 1 aromatic carbocycles. The average molecular weight is 438 g/mol. The van der Waals surface area contributed by atoms with Crippen LogP contribution < -0.4 is 0 Å². The summed E-state index contributed by atoms with van der Waals surface area (Å²) in [6, 6.07) is 7.56. The minimum absolute atomic E-state index is 0.140. The van der Waals surface area contributed by atoms with Crippen molar-refractivity contribution < 1.29 is 18.0 Å². The zero-order valence-electron chi connectivity index (χ0n) is 16.3. The number of nitrogens with zero attached hydrogens (tertiary/aromatic N) is 5. The van der Waals surface area contributed by atoms with Gasteiger partial charge in [-0.25, -0.2) is 9.97 Å². The molecule has 30 heavy (non-hydrogen) atoms. The molecule has 1 atom stereocenters. The highest BCUT2D eigenvalue weighted by Crippen LogP contribution is 2.33. The Bertz CT molecular complexity index is 1020. The molecule has 1 unspecified atom stereocenters. The lowest BCUT2D eigenvalue weighted by molar-refractivity contribution is -0.137. The van der Waals surface area contributed by atoms with Gasteiger partial charge in [0.2, 0.25) is 0 Å². The molecular formula is C20H19ClF3N5O. The molecule has 0 saturated carbocycles. The van der Waals surface area contributed by atoms with E-state index in [0.717, 1.165) is 12.1 Å². The first-order valence-corrected chi connectivity index (χ1v) is 9.60. The molecule has 158 valence electrons. The number of halogens is 4. The summed E-state index contributed by atoms with van der Waals surface area (Å²) < 4.78 is 41.0. The maximum absolute atomic E-state index is 13.2. The first-order valence-electron chi connectivity index (χ1n) is 9.22. The normalized spacial score (nSPS) is 12.6. The zero-order chi connectivity index (χ0) is 21.9. The van der Waals surface area contributed by atoms with Crippen LogP contribution in [-0.4, -0.2) is 37.1 Å². The Morgan fingerprint density at radius 2 is 2.00 bits per heavy atom. The molecule has 0 bridgehead atoms. The molecule has 0 fully saturated rings. The average Bonchev–Trinajstić information content (AvgIpc) is 3.20. The van der Waals surface area contributed by atoms with Crippen molar-refractivity contribution >= 4 is 17.5 Å². The number of amides is 1. The minimum atomic E-state index is -4.61. The maximum Gasteiger partial charge on any atom is 0.416 e. The van der Waals surface area contributed by atoms with Gasteiger partial charge in [0, 0.05) is 23.3 Å². The van der Waals surface area contributed by atoms with Crippen molar-refractivity contribution in [1.82, 2.24) is 24.6 Å². The molecule has 0 spiro atoms. The Balaban J connectivity index is 1.98. The van der Waals surface area contributed by atoms with E-state index in [1.54, 1.807) is 31.3 Å². The quantitative estimate of drug-likeness (QED) is 0.547. The molecule has 0 aliphatic rings. The SMILES string of the molecule is CCCN(C(=O)c1cc(Cl)cc(C(F)(F)F)c1)C(C)c1ncnn1-c1ccccn1. The van der Waals surface area contributed by atoms with Gasteiger partial charge in [-0.15, -0.1) is 0 Å². The minimum Gasteiger partial charge on any atom is -0.329 e. The van der Waals surface area contributed by atoms with Crippen LogP contribution in [0.25, 0.3) is 5.82 Å². The molecule has 10 heteroatoms. The van der Waals surface area contributed by atoms with Gasteiger partial charge in [0.25, 0.3) is 5.91 Å². The zero-order valence-corrected chi connectivity index (χ0v) is 17.0. The number of carbonyl (C=O) groups is 1. The van der Waals surface area contributed by atoms with Crippen LogP contribution in [0.15, 0.2) is 48.9 Å². The largest absolute Gasteiger partial charge is 0.416 e. The van der Waals surface area contributed by atoms with Gasteiger partial charge >= 0.3 is 6.18 Å². The highest BCUT2D eigenvalue weighted by Gasteiger charge is 2.33. The number of rotatable bonds is 6. The standard InChI is InChI=1S/C20H19ClF3N5O/c1-3-8-28(19(30)14-9-15(20(22,23)24)11-16(21)10-14)13(2)18-26-12-27-29(18)17-6-4-5-7-25-17/h4-7,9-13H,3,8H2,1-2H3. The molecule has 2 heterocycles. The third kappa shape index (κ3) is 4.62. The van der Waals surface area contributed by atoms with Gasteiger partial charge in [-0.1, -0.05) is 24.6 Å². The first kappa shape index (κ1) is 21.8. The first-order chi connectivity index (χ1) is 14.2. The fourth-order valence-electron chi connectivity index (χ4n) is 3.08. The predicted molar refractivity (Wildman–Crippen MR) is 105 cm³/mol. The Hall–Kier alpha value is -2.94. The van der Waals surface area contributed by atoms with Gasteiger partial charge < -0.3 is 4.90 Å². The fraction of sp³-hybridized carbons (Fsp3) is 0.300. The second kappa shape index (κ2) is 8.83. The summed E-state index contributed by atoms with van der Waals surface area (Å²) in [6.45, 7) is 3.92. The third-order valence-corrected chi connectivity index (χ3v) is 4.70. The van der Waals surface area contributed by atoms with Crippen LogP contribution in [0.5, 0.6) is 0 Å². The predicted octanol–water partition coefficient (Wildman–Crippen LogP) is 4.95. The lowest BCUT2D eigenvalue weighted by atomic mass is 10.1. The van der Waals surface area contributed by atoms with E-state index < -0.39 is 23.7 Å². The summed E-state index contributed by atoms with van der Waals surface area (Å²) in [7, 11) is 0. The van der Waals surface area contributed by atoms with E-state index in [1.807, 2.05) is 6.92 Å². The van der Waals surface area contributed by atoms with E-state index in [2.05, 4.69) is 15.1 Å². The van der Waals surface area contributed by atoms with Crippen LogP contribution in [0, 0.1) is 0 Å². The maximum atomic E-state index is 13.2. The van der Waals surface area contributed by atoms with Crippen molar-refractivity contribution in [3.63, 3.8) is 0 Å². The van der Waals surface area contributed by atoms with Gasteiger partial charge in [-0.3, -0.25) is 4.79 Å². The monoisotopic (exact) mass is 437 g/mol. The summed E-state index contributed by atoms with van der Waals surface area (Å²) >= 11 is 5.86. The van der Waals surface area contributed by atoms with Crippen LogP contribution in [0.4, 0.5) is 13.2 Å². The molecular weight excluding hydrogens is 419 g/mol. The number of alkyl halides is 3. The van der Waals surface area contributed by atoms with Gasteiger partial charge in [0.1, 0.15) is 6.33 Å². The van der Waals surface area contributed by atoms with E-state index in [1.165, 1.54) is 22.0 Å². The summed E-state index contributed by atoms with van der Waals surface area (Å²) in [5.74, 6) is 0.379. The Morgan fingerprint density at radius 1 is 1.23 bits per heavy atom. The number of pyridine rings is 1. The topological polar surface area (TPSA) is 63.9 Å². The van der Waals surface area contributed by atoms with Gasteiger partial charge in [0.15, 0.2) is 11.6 Å². The van der Waals surface area contributed by atoms with E-state index in [4.69, 9.17) is 11.6 Å².